The number of halogens is 2. The molecular formula is C14H12Cl2O. The molecule has 0 bridgehead atoms. The molecule has 3 heteroatoms. The number of ether oxygens (including phenoxy) is 1. The zero-order chi connectivity index (χ0) is 12.3. The molecule has 0 heterocycles. The third kappa shape index (κ3) is 3.01. The average molecular weight is 267 g/mol. The van der Waals surface area contributed by atoms with Gasteiger partial charge >= 0.3 is 0 Å². The average Bonchev–Trinajstić information content (AvgIpc) is 2.33. The van der Waals surface area contributed by atoms with Crippen LogP contribution in [0.2, 0.25) is 10.0 Å². The largest absolute Gasteiger partial charge is 0.380 e. The van der Waals surface area contributed by atoms with Gasteiger partial charge in [0.05, 0.1) is 16.7 Å². The number of rotatable bonds is 3. The van der Waals surface area contributed by atoms with E-state index in [-0.39, 0.29) is 0 Å². The second kappa shape index (κ2) is 5.54. The minimum atomic E-state index is 0.571. The van der Waals surface area contributed by atoms with Crippen molar-refractivity contribution in [3.63, 3.8) is 0 Å². The van der Waals surface area contributed by atoms with Crippen molar-refractivity contribution in [2.24, 2.45) is 0 Å². The Morgan fingerprint density at radius 1 is 0.941 bits per heavy atom. The standard InChI is InChI=1S/C14H12Cl2O/c1-17-9-10-3-2-4-11(7-10)12-5-6-13(15)14(16)8-12/h2-8H,9H2,1H3. The van der Waals surface area contributed by atoms with Gasteiger partial charge in [-0.1, -0.05) is 47.5 Å². The molecule has 17 heavy (non-hydrogen) atoms. The Morgan fingerprint density at radius 2 is 1.71 bits per heavy atom. The van der Waals surface area contributed by atoms with Gasteiger partial charge in [-0.3, -0.25) is 0 Å². The maximum atomic E-state index is 6.01. The lowest BCUT2D eigenvalue weighted by molar-refractivity contribution is 0.185. The highest BCUT2D eigenvalue weighted by Gasteiger charge is 2.03. The Hall–Kier alpha value is -1.02. The van der Waals surface area contributed by atoms with Crippen molar-refractivity contribution in [3.8, 4) is 11.1 Å². The first-order valence-corrected chi connectivity index (χ1v) is 5.99. The van der Waals surface area contributed by atoms with Gasteiger partial charge in [-0.05, 0) is 34.9 Å². The molecule has 0 atom stereocenters. The Morgan fingerprint density at radius 3 is 2.41 bits per heavy atom. The van der Waals surface area contributed by atoms with Crippen LogP contribution in [0.4, 0.5) is 0 Å². The predicted octanol–water partition coefficient (Wildman–Crippen LogP) is 4.81. The Balaban J connectivity index is 2.38. The molecule has 88 valence electrons. The smallest absolute Gasteiger partial charge is 0.0713 e. The predicted molar refractivity (Wildman–Crippen MR) is 72.6 cm³/mol. The highest BCUT2D eigenvalue weighted by molar-refractivity contribution is 6.42. The van der Waals surface area contributed by atoms with E-state index in [1.165, 1.54) is 0 Å². The van der Waals surface area contributed by atoms with Crippen LogP contribution in [0.25, 0.3) is 11.1 Å². The number of hydrogen-bond donors (Lipinski definition) is 0. The van der Waals surface area contributed by atoms with E-state index in [2.05, 4.69) is 6.07 Å². The second-order valence-corrected chi connectivity index (χ2v) is 4.58. The van der Waals surface area contributed by atoms with Crippen LogP contribution < -0.4 is 0 Å². The molecule has 0 unspecified atom stereocenters. The van der Waals surface area contributed by atoms with Gasteiger partial charge < -0.3 is 4.74 Å². The molecule has 0 radical (unpaired) electrons. The molecule has 2 rings (SSSR count). The molecule has 0 N–H and O–H groups in total. The SMILES string of the molecule is COCc1cccc(-c2ccc(Cl)c(Cl)c2)c1. The zero-order valence-corrected chi connectivity index (χ0v) is 10.9. The van der Waals surface area contributed by atoms with Crippen molar-refractivity contribution >= 4 is 23.2 Å². The molecule has 0 aliphatic heterocycles. The van der Waals surface area contributed by atoms with E-state index >= 15 is 0 Å². The number of hydrogen-bond acceptors (Lipinski definition) is 1. The quantitative estimate of drug-likeness (QED) is 0.775. The van der Waals surface area contributed by atoms with E-state index in [0.29, 0.717) is 16.7 Å². The minimum absolute atomic E-state index is 0.571. The summed E-state index contributed by atoms with van der Waals surface area (Å²) in [7, 11) is 1.69. The van der Waals surface area contributed by atoms with Gasteiger partial charge in [0.15, 0.2) is 0 Å². The number of methoxy groups -OCH3 is 1. The summed E-state index contributed by atoms with van der Waals surface area (Å²) in [5, 5.41) is 1.14. The summed E-state index contributed by atoms with van der Waals surface area (Å²) < 4.78 is 5.11. The van der Waals surface area contributed by atoms with E-state index in [9.17, 15) is 0 Å². The van der Waals surface area contributed by atoms with Crippen molar-refractivity contribution < 1.29 is 4.74 Å². The molecule has 0 aliphatic carbocycles. The lowest BCUT2D eigenvalue weighted by atomic mass is 10.0. The van der Waals surface area contributed by atoms with Gasteiger partial charge in [0.25, 0.3) is 0 Å². The first-order valence-electron chi connectivity index (χ1n) is 5.24. The summed E-state index contributed by atoms with van der Waals surface area (Å²) in [6.07, 6.45) is 0. The van der Waals surface area contributed by atoms with E-state index in [1.807, 2.05) is 36.4 Å². The summed E-state index contributed by atoms with van der Waals surface area (Å²) in [4.78, 5) is 0. The normalized spacial score (nSPS) is 10.5. The van der Waals surface area contributed by atoms with Gasteiger partial charge in [-0.2, -0.15) is 0 Å². The summed E-state index contributed by atoms with van der Waals surface area (Å²) in [6, 6.07) is 13.8. The monoisotopic (exact) mass is 266 g/mol. The van der Waals surface area contributed by atoms with Crippen LogP contribution in [0.5, 0.6) is 0 Å². The van der Waals surface area contributed by atoms with Crippen molar-refractivity contribution in [1.29, 1.82) is 0 Å². The van der Waals surface area contributed by atoms with E-state index in [0.717, 1.165) is 16.7 Å². The van der Waals surface area contributed by atoms with Crippen LogP contribution in [0.1, 0.15) is 5.56 Å². The molecular weight excluding hydrogens is 255 g/mol. The van der Waals surface area contributed by atoms with E-state index in [4.69, 9.17) is 27.9 Å². The fourth-order valence-electron chi connectivity index (χ4n) is 1.68. The van der Waals surface area contributed by atoms with E-state index in [1.54, 1.807) is 7.11 Å². The van der Waals surface area contributed by atoms with Crippen LogP contribution in [0.15, 0.2) is 42.5 Å². The fourth-order valence-corrected chi connectivity index (χ4v) is 1.98. The summed E-state index contributed by atoms with van der Waals surface area (Å²) in [6.45, 7) is 0.606. The molecule has 0 amide bonds. The molecule has 0 aromatic heterocycles. The second-order valence-electron chi connectivity index (χ2n) is 3.76. The molecule has 2 aromatic carbocycles. The lowest BCUT2D eigenvalue weighted by Gasteiger charge is -2.06. The summed E-state index contributed by atoms with van der Waals surface area (Å²) in [5.74, 6) is 0. The Kier molecular flexibility index (Phi) is 4.06. The van der Waals surface area contributed by atoms with Crippen molar-refractivity contribution in [3.05, 3.63) is 58.1 Å². The van der Waals surface area contributed by atoms with Gasteiger partial charge in [0.2, 0.25) is 0 Å². The van der Waals surface area contributed by atoms with Crippen LogP contribution in [0.3, 0.4) is 0 Å². The third-order valence-electron chi connectivity index (χ3n) is 2.49. The maximum Gasteiger partial charge on any atom is 0.0713 e. The highest BCUT2D eigenvalue weighted by Crippen LogP contribution is 2.28. The third-order valence-corrected chi connectivity index (χ3v) is 3.23. The van der Waals surface area contributed by atoms with Gasteiger partial charge in [0.1, 0.15) is 0 Å². The molecule has 0 aliphatic rings. The van der Waals surface area contributed by atoms with Gasteiger partial charge in [-0.25, -0.2) is 0 Å². The topological polar surface area (TPSA) is 9.23 Å². The first-order chi connectivity index (χ1) is 8.20. The van der Waals surface area contributed by atoms with Crippen LogP contribution in [-0.4, -0.2) is 7.11 Å². The van der Waals surface area contributed by atoms with Crippen LogP contribution in [0, 0.1) is 0 Å². The summed E-state index contributed by atoms with van der Waals surface area (Å²) >= 11 is 11.9. The van der Waals surface area contributed by atoms with Gasteiger partial charge in [-0.15, -0.1) is 0 Å². The maximum absolute atomic E-state index is 6.01. The number of benzene rings is 2. The molecule has 0 fully saturated rings. The van der Waals surface area contributed by atoms with E-state index < -0.39 is 0 Å². The molecule has 0 spiro atoms. The Labute approximate surface area is 111 Å². The van der Waals surface area contributed by atoms with Crippen molar-refractivity contribution in [2.75, 3.05) is 7.11 Å². The van der Waals surface area contributed by atoms with Crippen LogP contribution >= 0.6 is 23.2 Å². The van der Waals surface area contributed by atoms with Crippen molar-refractivity contribution in [1.82, 2.24) is 0 Å². The Bertz CT molecular complexity index is 523. The molecule has 2 aromatic rings. The van der Waals surface area contributed by atoms with Crippen LogP contribution in [-0.2, 0) is 11.3 Å². The molecule has 1 nitrogen and oxygen atoms in total. The highest BCUT2D eigenvalue weighted by atomic mass is 35.5. The van der Waals surface area contributed by atoms with Crippen molar-refractivity contribution in [2.45, 2.75) is 6.61 Å². The zero-order valence-electron chi connectivity index (χ0n) is 9.41. The summed E-state index contributed by atoms with van der Waals surface area (Å²) in [5.41, 5.74) is 3.30. The molecule has 0 saturated heterocycles. The molecule has 0 saturated carbocycles. The lowest BCUT2D eigenvalue weighted by Crippen LogP contribution is -1.88. The fraction of sp³-hybridized carbons (Fsp3) is 0.143. The minimum Gasteiger partial charge on any atom is -0.380 e. The van der Waals surface area contributed by atoms with Gasteiger partial charge in [0, 0.05) is 7.11 Å². The first kappa shape index (κ1) is 12.4.